The summed E-state index contributed by atoms with van der Waals surface area (Å²) in [4.78, 5) is 16.8. The van der Waals surface area contributed by atoms with Crippen molar-refractivity contribution in [2.45, 2.75) is 19.3 Å². The molecule has 0 radical (unpaired) electrons. The molecule has 0 unspecified atom stereocenters. The van der Waals surface area contributed by atoms with Gasteiger partial charge in [-0.2, -0.15) is 8.78 Å². The highest BCUT2D eigenvalue weighted by Crippen LogP contribution is 2.32. The van der Waals surface area contributed by atoms with E-state index in [0.29, 0.717) is 32.9 Å². The van der Waals surface area contributed by atoms with E-state index in [2.05, 4.69) is 35.9 Å². The number of nitrogens with zero attached hydrogens (tertiary/aromatic N) is 4. The van der Waals surface area contributed by atoms with E-state index in [1.165, 1.54) is 6.07 Å². The molecule has 4 aromatic rings. The maximum atomic E-state index is 14.3. The Balaban J connectivity index is 1.75. The van der Waals surface area contributed by atoms with Crippen LogP contribution in [0.4, 0.5) is 8.78 Å². The van der Waals surface area contributed by atoms with E-state index in [1.54, 1.807) is 36.4 Å². The highest BCUT2D eigenvalue weighted by atomic mass is 79.9. The molecule has 156 valence electrons. The Morgan fingerprint density at radius 3 is 1.74 bits per heavy atom. The van der Waals surface area contributed by atoms with Gasteiger partial charge in [-0.1, -0.05) is 23.7 Å². The second-order valence-corrected chi connectivity index (χ2v) is 8.59. The van der Waals surface area contributed by atoms with Crippen molar-refractivity contribution in [3.05, 3.63) is 93.7 Å². The summed E-state index contributed by atoms with van der Waals surface area (Å²) < 4.78 is 29.1. The van der Waals surface area contributed by atoms with E-state index < -0.39 is 17.3 Å². The topological polar surface area (TPSA) is 51.6 Å². The molecule has 0 N–H and O–H groups in total. The van der Waals surface area contributed by atoms with E-state index in [9.17, 15) is 8.78 Å². The summed E-state index contributed by atoms with van der Waals surface area (Å²) in [6.45, 7) is 3.91. The first-order valence-electron chi connectivity index (χ1n) is 9.35. The number of aromatic nitrogens is 4. The van der Waals surface area contributed by atoms with Crippen LogP contribution in [-0.2, 0) is 5.41 Å². The van der Waals surface area contributed by atoms with Gasteiger partial charge in [0.25, 0.3) is 0 Å². The Labute approximate surface area is 191 Å². The summed E-state index contributed by atoms with van der Waals surface area (Å²) in [5.41, 5.74) is 2.19. The maximum absolute atomic E-state index is 14.3. The summed E-state index contributed by atoms with van der Waals surface area (Å²) in [6, 6.07) is 17.1. The SMILES string of the molecule is CC(C)(c1cccc(-c2ccc(Cl)nc2F)n1)c1cccc(-c2ccc(Br)nc2F)n1. The van der Waals surface area contributed by atoms with Gasteiger partial charge in [-0.15, -0.1) is 0 Å². The van der Waals surface area contributed by atoms with Gasteiger partial charge in [0.1, 0.15) is 9.76 Å². The second-order valence-electron chi connectivity index (χ2n) is 7.39. The molecule has 8 heteroatoms. The van der Waals surface area contributed by atoms with Crippen molar-refractivity contribution in [3.8, 4) is 22.5 Å². The van der Waals surface area contributed by atoms with Crippen LogP contribution in [0.2, 0.25) is 5.15 Å². The molecule has 0 saturated heterocycles. The summed E-state index contributed by atoms with van der Waals surface area (Å²) in [5.74, 6) is -1.30. The van der Waals surface area contributed by atoms with Crippen molar-refractivity contribution in [2.75, 3.05) is 0 Å². The molecule has 0 atom stereocenters. The monoisotopic (exact) mass is 500 g/mol. The van der Waals surface area contributed by atoms with Crippen LogP contribution in [-0.4, -0.2) is 19.9 Å². The number of hydrogen-bond acceptors (Lipinski definition) is 4. The standard InChI is InChI=1S/C23H16BrClF2N4/c1-23(2,17-7-3-5-15(28-17)13-9-11-19(24)30-21(13)26)18-8-4-6-16(29-18)14-10-12-20(25)31-22(14)27/h3-12H,1-2H3. The third kappa shape index (κ3) is 4.34. The van der Waals surface area contributed by atoms with E-state index in [1.807, 2.05) is 32.0 Å². The van der Waals surface area contributed by atoms with Crippen molar-refractivity contribution in [3.63, 3.8) is 0 Å². The fourth-order valence-corrected chi connectivity index (χ4v) is 3.63. The minimum atomic E-state index is -0.687. The van der Waals surface area contributed by atoms with Crippen molar-refractivity contribution >= 4 is 27.5 Å². The zero-order valence-corrected chi connectivity index (χ0v) is 18.9. The van der Waals surface area contributed by atoms with Crippen LogP contribution in [0, 0.1) is 11.9 Å². The molecule has 0 aliphatic heterocycles. The predicted octanol–water partition coefficient (Wildman–Crippen LogP) is 6.62. The van der Waals surface area contributed by atoms with Gasteiger partial charge in [0.15, 0.2) is 0 Å². The molecule has 0 amide bonds. The van der Waals surface area contributed by atoms with Gasteiger partial charge in [0, 0.05) is 5.41 Å². The zero-order chi connectivity index (χ0) is 22.2. The van der Waals surface area contributed by atoms with Crippen molar-refractivity contribution in [1.82, 2.24) is 19.9 Å². The number of rotatable bonds is 4. The van der Waals surface area contributed by atoms with Crippen LogP contribution >= 0.6 is 27.5 Å². The third-order valence-corrected chi connectivity index (χ3v) is 5.61. The van der Waals surface area contributed by atoms with Crippen LogP contribution in [0.15, 0.2) is 65.3 Å². The molecule has 0 bridgehead atoms. The molecule has 0 aliphatic rings. The molecule has 4 heterocycles. The normalized spacial score (nSPS) is 11.5. The molecule has 31 heavy (non-hydrogen) atoms. The van der Waals surface area contributed by atoms with Gasteiger partial charge in [0.2, 0.25) is 11.9 Å². The predicted molar refractivity (Wildman–Crippen MR) is 120 cm³/mol. The summed E-state index contributed by atoms with van der Waals surface area (Å²) in [5, 5.41) is 0.0772. The van der Waals surface area contributed by atoms with Gasteiger partial charge in [-0.05, 0) is 78.3 Å². The number of hydrogen-bond donors (Lipinski definition) is 0. The van der Waals surface area contributed by atoms with Crippen LogP contribution in [0.1, 0.15) is 25.2 Å². The number of halogens is 4. The highest BCUT2D eigenvalue weighted by Gasteiger charge is 2.27. The average molecular weight is 502 g/mol. The zero-order valence-electron chi connectivity index (χ0n) is 16.6. The largest absolute Gasteiger partial charge is 0.252 e. The maximum Gasteiger partial charge on any atom is 0.223 e. The summed E-state index contributed by atoms with van der Waals surface area (Å²) in [7, 11) is 0. The van der Waals surface area contributed by atoms with Gasteiger partial charge in [-0.3, -0.25) is 9.97 Å². The van der Waals surface area contributed by atoms with Gasteiger partial charge >= 0.3 is 0 Å². The van der Waals surface area contributed by atoms with E-state index >= 15 is 0 Å². The van der Waals surface area contributed by atoms with Gasteiger partial charge in [-0.25, -0.2) is 9.97 Å². The Hall–Kier alpha value is -2.77. The summed E-state index contributed by atoms with van der Waals surface area (Å²) >= 11 is 8.92. The van der Waals surface area contributed by atoms with E-state index in [0.717, 1.165) is 0 Å². The first-order chi connectivity index (χ1) is 14.8. The van der Waals surface area contributed by atoms with Crippen LogP contribution < -0.4 is 0 Å². The molecular weight excluding hydrogens is 486 g/mol. The van der Waals surface area contributed by atoms with E-state index in [4.69, 9.17) is 11.6 Å². The molecule has 0 spiro atoms. The summed E-state index contributed by atoms with van der Waals surface area (Å²) in [6.07, 6.45) is 0. The molecule has 4 nitrogen and oxygen atoms in total. The van der Waals surface area contributed by atoms with Crippen molar-refractivity contribution < 1.29 is 8.78 Å². The number of pyridine rings is 4. The van der Waals surface area contributed by atoms with E-state index in [-0.39, 0.29) is 10.7 Å². The molecule has 0 aliphatic carbocycles. The molecule has 0 aromatic carbocycles. The Morgan fingerprint density at radius 1 is 0.710 bits per heavy atom. The van der Waals surface area contributed by atoms with Crippen molar-refractivity contribution in [2.24, 2.45) is 0 Å². The lowest BCUT2D eigenvalue weighted by Gasteiger charge is -2.24. The third-order valence-electron chi connectivity index (χ3n) is 4.96. The fraction of sp³-hybridized carbons (Fsp3) is 0.130. The molecular formula is C23H16BrClF2N4. The van der Waals surface area contributed by atoms with Gasteiger partial charge < -0.3 is 0 Å². The lowest BCUT2D eigenvalue weighted by Crippen LogP contribution is -2.22. The van der Waals surface area contributed by atoms with Crippen LogP contribution in [0.25, 0.3) is 22.5 Å². The second kappa shape index (κ2) is 8.40. The molecule has 4 rings (SSSR count). The minimum Gasteiger partial charge on any atom is -0.252 e. The van der Waals surface area contributed by atoms with Crippen molar-refractivity contribution in [1.29, 1.82) is 0 Å². The molecule has 0 saturated carbocycles. The van der Waals surface area contributed by atoms with Crippen LogP contribution in [0.3, 0.4) is 0 Å². The Kier molecular flexibility index (Phi) is 5.81. The lowest BCUT2D eigenvalue weighted by atomic mass is 9.84. The van der Waals surface area contributed by atoms with Crippen LogP contribution in [0.5, 0.6) is 0 Å². The Bertz CT molecular complexity index is 1180. The Morgan fingerprint density at radius 2 is 1.23 bits per heavy atom. The highest BCUT2D eigenvalue weighted by molar-refractivity contribution is 9.10. The van der Waals surface area contributed by atoms with Gasteiger partial charge in [0.05, 0.1) is 33.9 Å². The molecule has 0 fully saturated rings. The smallest absolute Gasteiger partial charge is 0.223 e. The fourth-order valence-electron chi connectivity index (χ4n) is 3.20. The first kappa shape index (κ1) is 21.5. The first-order valence-corrected chi connectivity index (χ1v) is 10.5. The minimum absolute atomic E-state index is 0.0772. The lowest BCUT2D eigenvalue weighted by molar-refractivity contribution is 0.580. The quantitative estimate of drug-likeness (QED) is 0.295. The average Bonchev–Trinajstić information content (AvgIpc) is 2.74. The molecule has 4 aromatic heterocycles.